The Bertz CT molecular complexity index is 15.1. The fourth-order valence-corrected chi connectivity index (χ4v) is 1.93. The van der Waals surface area contributed by atoms with Crippen LogP contribution in [0.5, 0.6) is 0 Å². The van der Waals surface area contributed by atoms with Crippen molar-refractivity contribution < 1.29 is 10.3 Å². The zero-order valence-corrected chi connectivity index (χ0v) is 6.10. The third-order valence-corrected chi connectivity index (χ3v) is 3.63. The van der Waals surface area contributed by atoms with Gasteiger partial charge in [-0.25, -0.2) is 0 Å². The minimum Gasteiger partial charge on any atom is -0.0592 e. The van der Waals surface area contributed by atoms with Gasteiger partial charge in [0.2, 0.25) is 5.34 Å². The smallest absolute Gasteiger partial charge is 0.0592 e. The maximum absolute atomic E-state index is 5.27. The summed E-state index contributed by atoms with van der Waals surface area (Å²) in [5, 5.41) is 0.739. The molecule has 0 nitrogen and oxygen atoms in total. The van der Waals surface area contributed by atoms with Crippen LogP contribution in [0, 0.1) is 10.3 Å². The van der Waals surface area contributed by atoms with Crippen LogP contribution in [0.15, 0.2) is 0 Å². The van der Waals surface area contributed by atoms with Gasteiger partial charge >= 0.3 is 8.83 Å². The van der Waals surface area contributed by atoms with Gasteiger partial charge in [0.15, 0.2) is 0 Å². The van der Waals surface area contributed by atoms with Crippen molar-refractivity contribution in [1.82, 2.24) is 0 Å². The number of rotatable bonds is 2. The summed E-state index contributed by atoms with van der Waals surface area (Å²) in [7, 11) is 2.39. The molecule has 0 saturated heterocycles. The summed E-state index contributed by atoms with van der Waals surface area (Å²) < 4.78 is 0. The lowest BCUT2D eigenvalue weighted by Gasteiger charge is -1.59. The molecule has 0 N–H and O–H groups in total. The van der Waals surface area contributed by atoms with E-state index in [1.54, 1.807) is 0 Å². The summed E-state index contributed by atoms with van der Waals surface area (Å²) in [6, 6.07) is 0. The minimum absolute atomic E-state index is 0.143. The molecule has 0 unspecified atom stereocenters. The van der Waals surface area contributed by atoms with Crippen molar-refractivity contribution >= 4 is 20.4 Å². The fraction of sp³-hybridized carbons (Fsp3) is 1.00. The first-order valence-electron chi connectivity index (χ1n) is 1.51. The third-order valence-electron chi connectivity index (χ3n) is 0.260. The van der Waals surface area contributed by atoms with Crippen molar-refractivity contribution in [3.05, 3.63) is 0 Å². The minimum atomic E-state index is 0.143. The lowest BCUT2D eigenvalue weighted by atomic mass is 11.9. The van der Waals surface area contributed by atoms with Gasteiger partial charge in [0.05, 0.1) is 0 Å². The molecule has 0 heterocycles. The second-order valence-electron chi connectivity index (χ2n) is 0.557. The molecule has 0 radical (unpaired) electrons. The van der Waals surface area contributed by atoms with Crippen molar-refractivity contribution in [2.75, 3.05) is 5.34 Å². The van der Waals surface area contributed by atoms with Crippen LogP contribution in [-0.2, 0) is 0 Å². The normalized spacial score (nSPS) is 10.8. The molecular formula is C2H7Cl2Si+. The molecule has 5 heavy (non-hydrogen) atoms. The van der Waals surface area contributed by atoms with Crippen molar-refractivity contribution in [3.63, 3.8) is 0 Å². The zero-order valence-electron chi connectivity index (χ0n) is 3.17. The molecule has 0 atom stereocenters. The molecule has 0 aromatic carbocycles. The van der Waals surface area contributed by atoms with E-state index in [2.05, 4.69) is 16.8 Å². The number of hydrogen-bond donors (Lipinski definition) is 0. The maximum atomic E-state index is 5.27. The highest BCUT2D eigenvalue weighted by atomic mass is 35.6. The standard InChI is InChI=1S/C2H7Cl2Si/c1-5-4-2-3/h2,5H2,1H3/q+1. The Kier molecular flexibility index (Phi) is 5.56. The van der Waals surface area contributed by atoms with Gasteiger partial charge in [-0.2, -0.15) is 0 Å². The van der Waals surface area contributed by atoms with Gasteiger partial charge in [0.25, 0.3) is 0 Å². The lowest BCUT2D eigenvalue weighted by molar-refractivity contribution is -0.492. The van der Waals surface area contributed by atoms with E-state index in [0.717, 1.165) is 5.34 Å². The molecule has 3 heteroatoms. The molecule has 0 spiro atoms. The van der Waals surface area contributed by atoms with E-state index in [4.69, 9.17) is 11.6 Å². The highest BCUT2D eigenvalue weighted by Crippen LogP contribution is 1.73. The second kappa shape index (κ2) is 4.80. The van der Waals surface area contributed by atoms with E-state index >= 15 is 0 Å². The molecular weight excluding hydrogens is 123 g/mol. The Balaban J connectivity index is 2.19. The molecule has 0 aliphatic carbocycles. The van der Waals surface area contributed by atoms with E-state index in [9.17, 15) is 0 Å². The predicted molar refractivity (Wildman–Crippen MR) is 25.1 cm³/mol. The van der Waals surface area contributed by atoms with Gasteiger partial charge in [0.1, 0.15) is 0 Å². The van der Waals surface area contributed by atoms with Crippen LogP contribution in [-0.4, -0.2) is 14.2 Å². The molecule has 0 aromatic rings. The van der Waals surface area contributed by atoms with Crippen LogP contribution in [0.3, 0.4) is 0 Å². The summed E-state index contributed by atoms with van der Waals surface area (Å²) >= 11 is 5.27. The topological polar surface area (TPSA) is 0 Å². The summed E-state index contributed by atoms with van der Waals surface area (Å²) in [6.07, 6.45) is 0. The number of hydrogen-bond acceptors (Lipinski definition) is 0. The number of halogens is 2. The summed E-state index contributed by atoms with van der Waals surface area (Å²) in [5.41, 5.74) is 0. The summed E-state index contributed by atoms with van der Waals surface area (Å²) in [4.78, 5) is 0. The molecule has 0 aliphatic heterocycles. The molecule has 0 bridgehead atoms. The quantitative estimate of drug-likeness (QED) is 0.288. The first-order valence-corrected chi connectivity index (χ1v) is 6.13. The van der Waals surface area contributed by atoms with Crippen LogP contribution in [0.4, 0.5) is 0 Å². The van der Waals surface area contributed by atoms with E-state index in [1.807, 2.05) is 0 Å². The van der Waals surface area contributed by atoms with E-state index < -0.39 is 0 Å². The average molecular weight is 130 g/mol. The Labute approximate surface area is 43.1 Å². The molecule has 0 fully saturated rings. The van der Waals surface area contributed by atoms with Gasteiger partial charge in [0, 0.05) is 10.3 Å². The van der Waals surface area contributed by atoms with E-state index in [0.29, 0.717) is 0 Å². The van der Waals surface area contributed by atoms with Gasteiger partial charge in [-0.3, -0.25) is 0 Å². The highest BCUT2D eigenvalue weighted by Gasteiger charge is 1.89. The molecule has 0 saturated carbocycles. The Morgan fingerprint density at radius 3 is 2.60 bits per heavy atom. The monoisotopic (exact) mass is 129 g/mol. The average Bonchev–Trinajstić information content (AvgIpc) is 1.41. The summed E-state index contributed by atoms with van der Waals surface area (Å²) in [5.74, 6) is 0. The van der Waals surface area contributed by atoms with Crippen LogP contribution >= 0.6 is 11.6 Å². The van der Waals surface area contributed by atoms with Crippen LogP contribution in [0.2, 0.25) is 6.55 Å². The molecule has 0 aliphatic rings. The van der Waals surface area contributed by atoms with Crippen molar-refractivity contribution in [3.8, 4) is 0 Å². The molecule has 0 aromatic heterocycles. The van der Waals surface area contributed by atoms with Crippen LogP contribution in [0.1, 0.15) is 0 Å². The zero-order chi connectivity index (χ0) is 4.12. The molecule has 0 amide bonds. The van der Waals surface area contributed by atoms with Crippen LogP contribution < -0.4 is 0 Å². The van der Waals surface area contributed by atoms with Crippen molar-refractivity contribution in [1.29, 1.82) is 0 Å². The van der Waals surface area contributed by atoms with Gasteiger partial charge < -0.3 is 0 Å². The fourth-order valence-electron chi connectivity index (χ4n) is 0.0714. The first kappa shape index (κ1) is 5.80. The lowest BCUT2D eigenvalue weighted by Crippen LogP contribution is -1.84. The van der Waals surface area contributed by atoms with Gasteiger partial charge in [-0.1, -0.05) is 11.6 Å². The predicted octanol–water partition coefficient (Wildman–Crippen LogP) is 0.400. The van der Waals surface area contributed by atoms with Gasteiger partial charge in [-0.15, -0.1) is 0 Å². The third kappa shape index (κ3) is 4.80. The van der Waals surface area contributed by atoms with Crippen molar-refractivity contribution in [2.24, 2.45) is 0 Å². The largest absolute Gasteiger partial charge is 0.349 e. The summed E-state index contributed by atoms with van der Waals surface area (Å²) in [6.45, 7) is 2.20. The SMILES string of the molecule is C[SiH2][Cl+]CCl. The van der Waals surface area contributed by atoms with Crippen molar-refractivity contribution in [2.45, 2.75) is 6.55 Å². The van der Waals surface area contributed by atoms with Crippen LogP contribution in [0.25, 0.3) is 0 Å². The Morgan fingerprint density at radius 2 is 2.60 bits per heavy atom. The van der Waals surface area contributed by atoms with E-state index in [-0.39, 0.29) is 8.83 Å². The number of alkyl halides is 2. The molecule has 0 rings (SSSR count). The Morgan fingerprint density at radius 1 is 2.00 bits per heavy atom. The highest BCUT2D eigenvalue weighted by molar-refractivity contribution is 6.24. The first-order chi connectivity index (χ1) is 2.41. The Hall–Kier alpha value is 0.797. The second-order valence-corrected chi connectivity index (χ2v) is 5.02. The van der Waals surface area contributed by atoms with Gasteiger partial charge in [-0.05, 0) is 6.55 Å². The van der Waals surface area contributed by atoms with E-state index in [1.165, 1.54) is 0 Å². The maximum Gasteiger partial charge on any atom is 0.349 e. The molecule has 32 valence electrons.